The summed E-state index contributed by atoms with van der Waals surface area (Å²) >= 11 is 11.3. The zero-order chi connectivity index (χ0) is 102. The van der Waals surface area contributed by atoms with E-state index in [0.717, 1.165) is 161 Å². The second-order valence-electron chi connectivity index (χ2n) is 38.0. The van der Waals surface area contributed by atoms with Crippen molar-refractivity contribution in [3.63, 3.8) is 0 Å². The Labute approximate surface area is 847 Å². The first-order valence-electron chi connectivity index (χ1n) is 49.8. The van der Waals surface area contributed by atoms with Gasteiger partial charge < -0.3 is 67.5 Å². The van der Waals surface area contributed by atoms with E-state index in [0.29, 0.717) is 56.1 Å². The van der Waals surface area contributed by atoms with Crippen molar-refractivity contribution in [2.75, 3.05) is 77.8 Å². The van der Waals surface area contributed by atoms with Gasteiger partial charge in [0.25, 0.3) is 0 Å². The predicted octanol–water partition coefficient (Wildman–Crippen LogP) is 31.0. The third-order valence-electron chi connectivity index (χ3n) is 24.9. The third-order valence-corrected chi connectivity index (χ3v) is 25.4. The van der Waals surface area contributed by atoms with Crippen molar-refractivity contribution in [3.8, 4) is 69.0 Å². The van der Waals surface area contributed by atoms with E-state index >= 15 is 0 Å². The zero-order valence-corrected chi connectivity index (χ0v) is 88.2. The first kappa shape index (κ1) is 115. The van der Waals surface area contributed by atoms with Crippen molar-refractivity contribution in [2.24, 2.45) is 0 Å². The minimum absolute atomic E-state index is 0.0715. The third kappa shape index (κ3) is 38.2. The maximum atomic E-state index is 10.9. The number of aromatic hydroxyl groups is 3. The summed E-state index contributed by atoms with van der Waals surface area (Å²) in [5, 5.41) is 28.2. The maximum absolute atomic E-state index is 10.9. The molecule has 0 aromatic heterocycles. The van der Waals surface area contributed by atoms with Crippen LogP contribution in [0.1, 0.15) is 275 Å². The predicted molar refractivity (Wildman–Crippen MR) is 577 cm³/mol. The largest absolute Gasteiger partial charge is 0.508 e. The molecule has 12 rings (SSSR count). The van der Waals surface area contributed by atoms with Crippen LogP contribution < -0.4 is 42.6 Å². The number of unbranched alkanes of at least 4 members (excludes halogenated alkanes) is 3. The molecule has 17 heteroatoms. The number of rotatable bonds is 47. The Bertz CT molecular complexity index is 5370. The summed E-state index contributed by atoms with van der Waals surface area (Å²) in [5.41, 5.74) is 14.0. The van der Waals surface area contributed by atoms with Crippen molar-refractivity contribution >= 4 is 35.0 Å². The van der Waals surface area contributed by atoms with E-state index in [4.69, 9.17) is 70.6 Å². The summed E-state index contributed by atoms with van der Waals surface area (Å²) in [6.07, 6.45) is 11.7. The molecule has 140 heavy (non-hydrogen) atoms. The second kappa shape index (κ2) is 59.5. The molecule has 0 spiro atoms. The second-order valence-corrected chi connectivity index (χ2v) is 38.8. The SMILES string of the molecule is CC(=O)CCCOc1ccc(C(C)(C)c2ccc(O)cc2)cc1.CCCCOc1ccc(C(C)(C)c2ccc(O)cc2)cc1.CCCCOc1ccc(C(C)(C)c2ccc(OCCCCl)cc2)cc1.CCCCOc1ccc(C(C)(C)c2ccc(OCCOC(C)=O)cc2)cc1.CCCOc1ccc(C(C)(C)c2ccc(O)cc2)cc1.CCCOc1ccc(C(C)(C)c2ccc(OCCCCl)cc2)cc1. The van der Waals surface area contributed by atoms with Gasteiger partial charge in [-0.15, -0.1) is 23.2 Å². The van der Waals surface area contributed by atoms with Gasteiger partial charge in [0.2, 0.25) is 0 Å². The number of benzene rings is 12. The molecule has 0 radical (unpaired) electrons. The van der Waals surface area contributed by atoms with Crippen LogP contribution in [-0.4, -0.2) is 105 Å². The summed E-state index contributed by atoms with van der Waals surface area (Å²) in [7, 11) is 0. The molecular formula is C123H156Cl2O15. The molecule has 0 amide bonds. The standard InChI is InChI=1S/C23H30O4.C22H29ClO2.C21H27ClO2.C20H24O3.C19H24O2.C18H22O2/c1-5-6-15-26-21-11-7-19(8-12-21)23(3,4)20-9-13-22(14-10-20)27-17-16-25-18(2)24;1-4-5-16-24-20-11-7-18(8-12-20)22(2,3)19-9-13-21(14-10-19)25-17-6-15-23;1-4-15-23-19-10-6-17(7-11-19)21(2,3)18-8-12-20(13-9-18)24-16-5-14-22;1-15(21)5-4-14-23-19-12-8-17(9-13-19)20(2,3)16-6-10-18(22)11-7-16;1-4-5-14-21-18-12-8-16(9-13-18)19(2,3)15-6-10-17(20)11-7-15;1-4-13-20-17-11-7-15(8-12-17)18(2,3)14-5-9-16(19)10-6-14/h7-14H,5-6,15-17H2,1-4H3;7-14H,4-6,15-17H2,1-3H3;6-13H,4-5,14-16H2,1-3H3;6-13,22H,4-5,14H2,1-3H3;6-13,20H,4-5,14H2,1-3H3;5-12,19H,4,13H2,1-3H3. The number of carbonyl (C=O) groups excluding carboxylic acids is 2. The molecular weight excluding hydrogens is 1790 g/mol. The number of esters is 1. The summed E-state index contributed by atoms with van der Waals surface area (Å²) in [5.74, 6) is 10.0. The molecule has 0 bridgehead atoms. The van der Waals surface area contributed by atoms with Gasteiger partial charge in [-0.1, -0.05) is 283 Å². The summed E-state index contributed by atoms with van der Waals surface area (Å²) in [6, 6.07) is 96.7. The lowest BCUT2D eigenvalue weighted by atomic mass is 9.78. The molecule has 0 unspecified atom stereocenters. The summed E-state index contributed by atoms with van der Waals surface area (Å²) < 4.78 is 56.0. The Morgan fingerprint density at radius 2 is 0.371 bits per heavy atom. The van der Waals surface area contributed by atoms with E-state index in [9.17, 15) is 24.9 Å². The minimum Gasteiger partial charge on any atom is -0.508 e. The van der Waals surface area contributed by atoms with Crippen molar-refractivity contribution in [1.82, 2.24) is 0 Å². The Balaban J connectivity index is 0.000000229. The van der Waals surface area contributed by atoms with Gasteiger partial charge in [0.1, 0.15) is 88.0 Å². The quantitative estimate of drug-likeness (QED) is 0.0186. The summed E-state index contributed by atoms with van der Waals surface area (Å²) in [6.45, 7) is 46.4. The Hall–Kier alpha value is -12.0. The molecule has 0 heterocycles. The maximum Gasteiger partial charge on any atom is 0.302 e. The molecule has 0 aliphatic rings. The van der Waals surface area contributed by atoms with Gasteiger partial charge in [0.15, 0.2) is 0 Å². The number of hydrogen-bond donors (Lipinski definition) is 3. The van der Waals surface area contributed by atoms with Crippen LogP contribution in [0.2, 0.25) is 0 Å². The van der Waals surface area contributed by atoms with E-state index in [-0.39, 0.29) is 56.6 Å². The fourth-order valence-electron chi connectivity index (χ4n) is 15.1. The van der Waals surface area contributed by atoms with Crippen molar-refractivity contribution in [1.29, 1.82) is 0 Å². The highest BCUT2D eigenvalue weighted by atomic mass is 35.5. The van der Waals surface area contributed by atoms with Gasteiger partial charge >= 0.3 is 5.97 Å². The van der Waals surface area contributed by atoms with E-state index in [2.05, 4.69) is 251 Å². The van der Waals surface area contributed by atoms with Gasteiger partial charge in [0.05, 0.1) is 52.9 Å². The molecule has 12 aromatic rings. The van der Waals surface area contributed by atoms with Crippen LogP contribution in [0.15, 0.2) is 291 Å². The zero-order valence-electron chi connectivity index (χ0n) is 86.7. The Morgan fingerprint density at radius 1 is 0.214 bits per heavy atom. The van der Waals surface area contributed by atoms with Crippen LogP contribution in [0.4, 0.5) is 0 Å². The van der Waals surface area contributed by atoms with E-state index in [1.807, 2.05) is 121 Å². The first-order valence-corrected chi connectivity index (χ1v) is 50.9. The molecule has 0 aliphatic heterocycles. The number of ether oxygens (including phenoxy) is 10. The van der Waals surface area contributed by atoms with Crippen molar-refractivity contribution < 1.29 is 72.3 Å². The fraction of sp³-hybridized carbons (Fsp3) is 0.398. The topological polar surface area (TPSA) is 187 Å². The van der Waals surface area contributed by atoms with E-state index in [1.165, 1.54) is 68.1 Å². The van der Waals surface area contributed by atoms with Gasteiger partial charge in [-0.3, -0.25) is 4.79 Å². The van der Waals surface area contributed by atoms with E-state index in [1.54, 1.807) is 43.3 Å². The van der Waals surface area contributed by atoms with Crippen LogP contribution in [0, 0.1) is 0 Å². The number of halogens is 2. The Morgan fingerprint density at radius 3 is 0.529 bits per heavy atom. The first-order chi connectivity index (χ1) is 67.0. The number of Topliss-reactive ketones (excluding diaryl/α,β-unsaturated/α-hetero) is 1. The average Bonchev–Trinajstić information content (AvgIpc) is 0.841. The normalized spacial score (nSPS) is 11.3. The molecule has 0 aliphatic carbocycles. The number of phenols is 3. The number of hydrogen-bond acceptors (Lipinski definition) is 15. The van der Waals surface area contributed by atoms with Crippen LogP contribution >= 0.6 is 23.2 Å². The van der Waals surface area contributed by atoms with Gasteiger partial charge in [-0.2, -0.15) is 0 Å². The highest BCUT2D eigenvalue weighted by Crippen LogP contribution is 2.41. The van der Waals surface area contributed by atoms with Crippen LogP contribution in [0.3, 0.4) is 0 Å². The number of carbonyl (C=O) groups is 2. The molecule has 15 nitrogen and oxygen atoms in total. The molecule has 752 valence electrons. The summed E-state index contributed by atoms with van der Waals surface area (Å²) in [4.78, 5) is 21.6. The molecule has 12 aromatic carbocycles. The minimum atomic E-state index is -0.294. The van der Waals surface area contributed by atoms with Gasteiger partial charge in [0, 0.05) is 57.6 Å². The lowest BCUT2D eigenvalue weighted by Gasteiger charge is -2.26. The molecule has 0 fully saturated rings. The molecule has 0 saturated carbocycles. The Kier molecular flexibility index (Phi) is 48.9. The molecule has 0 atom stereocenters. The average molecular weight is 1950 g/mol. The lowest BCUT2D eigenvalue weighted by Crippen LogP contribution is -2.18. The monoisotopic (exact) mass is 1940 g/mol. The lowest BCUT2D eigenvalue weighted by molar-refractivity contribution is -0.141. The number of phenolic OH excluding ortho intramolecular Hbond substituents is 3. The van der Waals surface area contributed by atoms with E-state index < -0.39 is 0 Å². The highest BCUT2D eigenvalue weighted by molar-refractivity contribution is 6.18. The van der Waals surface area contributed by atoms with Crippen LogP contribution in [0.5, 0.6) is 69.0 Å². The fourth-order valence-corrected chi connectivity index (χ4v) is 15.4. The number of alkyl halides is 2. The smallest absolute Gasteiger partial charge is 0.302 e. The van der Waals surface area contributed by atoms with Gasteiger partial charge in [-0.25, -0.2) is 0 Å². The molecule has 0 saturated heterocycles. The van der Waals surface area contributed by atoms with Crippen LogP contribution in [-0.2, 0) is 46.8 Å². The van der Waals surface area contributed by atoms with Crippen molar-refractivity contribution in [2.45, 2.75) is 241 Å². The highest BCUT2D eigenvalue weighted by Gasteiger charge is 2.29. The van der Waals surface area contributed by atoms with Crippen LogP contribution in [0.25, 0.3) is 0 Å². The molecule has 3 N–H and O–H groups in total. The van der Waals surface area contributed by atoms with Crippen molar-refractivity contribution in [3.05, 3.63) is 358 Å². The van der Waals surface area contributed by atoms with Gasteiger partial charge in [-0.05, 0) is 271 Å². The number of ketones is 1.